The first-order valence-corrected chi connectivity index (χ1v) is 5.93. The van der Waals surface area contributed by atoms with Crippen LogP contribution in [0.5, 0.6) is 5.75 Å². The van der Waals surface area contributed by atoms with Crippen LogP contribution in [0.3, 0.4) is 0 Å². The molecule has 1 aromatic carbocycles. The Bertz CT molecular complexity index is 523. The molecule has 0 aliphatic rings. The van der Waals surface area contributed by atoms with E-state index in [-0.39, 0.29) is 0 Å². The Labute approximate surface area is 106 Å². The van der Waals surface area contributed by atoms with E-state index in [0.29, 0.717) is 12.4 Å². The van der Waals surface area contributed by atoms with Gasteiger partial charge in [-0.15, -0.1) is 0 Å². The molecule has 0 bridgehead atoms. The summed E-state index contributed by atoms with van der Waals surface area (Å²) in [6.45, 7) is 4.52. The summed E-state index contributed by atoms with van der Waals surface area (Å²) in [6.07, 6.45) is 0.775. The van der Waals surface area contributed by atoms with Gasteiger partial charge in [0.2, 0.25) is 5.89 Å². The SMILES string of the molecule is CCc1noc(CNc2cc(C)ccc2OC)n1. The van der Waals surface area contributed by atoms with Crippen molar-refractivity contribution in [3.63, 3.8) is 0 Å². The number of nitrogens with zero attached hydrogens (tertiary/aromatic N) is 2. The molecule has 0 saturated carbocycles. The number of anilines is 1. The highest BCUT2D eigenvalue weighted by molar-refractivity contribution is 5.57. The van der Waals surface area contributed by atoms with E-state index in [1.807, 2.05) is 32.0 Å². The van der Waals surface area contributed by atoms with Gasteiger partial charge in [0.15, 0.2) is 5.82 Å². The third-order valence-electron chi connectivity index (χ3n) is 2.61. The normalized spacial score (nSPS) is 10.4. The molecular weight excluding hydrogens is 230 g/mol. The zero-order valence-corrected chi connectivity index (χ0v) is 10.9. The van der Waals surface area contributed by atoms with Crippen LogP contribution < -0.4 is 10.1 Å². The highest BCUT2D eigenvalue weighted by Crippen LogP contribution is 2.25. The Morgan fingerprint density at radius 3 is 2.89 bits per heavy atom. The first kappa shape index (κ1) is 12.4. The highest BCUT2D eigenvalue weighted by atomic mass is 16.5. The van der Waals surface area contributed by atoms with Crippen molar-refractivity contribution < 1.29 is 9.26 Å². The fourth-order valence-corrected chi connectivity index (χ4v) is 1.64. The average molecular weight is 247 g/mol. The number of aromatic nitrogens is 2. The molecule has 96 valence electrons. The molecule has 0 atom stereocenters. The Hall–Kier alpha value is -2.04. The summed E-state index contributed by atoms with van der Waals surface area (Å²) in [5.74, 6) is 2.11. The molecule has 2 rings (SSSR count). The predicted octanol–water partition coefficient (Wildman–Crippen LogP) is 2.56. The van der Waals surface area contributed by atoms with Crippen LogP contribution in [0, 0.1) is 6.92 Å². The third kappa shape index (κ3) is 2.80. The molecule has 2 aromatic rings. The molecule has 5 nitrogen and oxygen atoms in total. The van der Waals surface area contributed by atoms with Gasteiger partial charge < -0.3 is 14.6 Å². The summed E-state index contributed by atoms with van der Waals surface area (Å²) in [6, 6.07) is 5.96. The summed E-state index contributed by atoms with van der Waals surface area (Å²) in [5, 5.41) is 7.09. The number of aryl methyl sites for hydroxylation is 2. The topological polar surface area (TPSA) is 60.2 Å². The van der Waals surface area contributed by atoms with Crippen LogP contribution in [-0.4, -0.2) is 17.3 Å². The molecule has 0 unspecified atom stereocenters. The van der Waals surface area contributed by atoms with Crippen LogP contribution in [0.4, 0.5) is 5.69 Å². The van der Waals surface area contributed by atoms with E-state index in [0.717, 1.165) is 29.2 Å². The second-order valence-electron chi connectivity index (χ2n) is 4.02. The maximum Gasteiger partial charge on any atom is 0.245 e. The van der Waals surface area contributed by atoms with Crippen LogP contribution in [0.15, 0.2) is 22.7 Å². The lowest BCUT2D eigenvalue weighted by Crippen LogP contribution is -2.02. The summed E-state index contributed by atoms with van der Waals surface area (Å²) in [4.78, 5) is 4.24. The quantitative estimate of drug-likeness (QED) is 0.879. The summed E-state index contributed by atoms with van der Waals surface area (Å²) >= 11 is 0. The van der Waals surface area contributed by atoms with Gasteiger partial charge in [0.25, 0.3) is 0 Å². The molecule has 0 fully saturated rings. The largest absolute Gasteiger partial charge is 0.495 e. The smallest absolute Gasteiger partial charge is 0.245 e. The maximum absolute atomic E-state index is 5.29. The molecule has 0 amide bonds. The minimum absolute atomic E-state index is 0.493. The first-order chi connectivity index (χ1) is 8.72. The zero-order chi connectivity index (χ0) is 13.0. The number of hydrogen-bond acceptors (Lipinski definition) is 5. The third-order valence-corrected chi connectivity index (χ3v) is 2.61. The Kier molecular flexibility index (Phi) is 3.82. The molecule has 1 heterocycles. The van der Waals surface area contributed by atoms with Gasteiger partial charge in [-0.05, 0) is 24.6 Å². The molecule has 0 aliphatic carbocycles. The predicted molar refractivity (Wildman–Crippen MR) is 68.7 cm³/mol. The number of ether oxygens (including phenoxy) is 1. The number of hydrogen-bond donors (Lipinski definition) is 1. The fraction of sp³-hybridized carbons (Fsp3) is 0.385. The van der Waals surface area contributed by atoms with Gasteiger partial charge >= 0.3 is 0 Å². The van der Waals surface area contributed by atoms with Gasteiger partial charge in [0, 0.05) is 6.42 Å². The molecular formula is C13H17N3O2. The Morgan fingerprint density at radius 2 is 2.22 bits per heavy atom. The van der Waals surface area contributed by atoms with Gasteiger partial charge in [-0.2, -0.15) is 4.98 Å². The van der Waals surface area contributed by atoms with E-state index >= 15 is 0 Å². The van der Waals surface area contributed by atoms with Gasteiger partial charge in [0.1, 0.15) is 5.75 Å². The van der Waals surface area contributed by atoms with Gasteiger partial charge in [0.05, 0.1) is 19.3 Å². The fourth-order valence-electron chi connectivity index (χ4n) is 1.64. The molecule has 0 spiro atoms. The van der Waals surface area contributed by atoms with E-state index in [1.54, 1.807) is 7.11 Å². The van der Waals surface area contributed by atoms with E-state index in [2.05, 4.69) is 15.5 Å². The second-order valence-corrected chi connectivity index (χ2v) is 4.02. The van der Waals surface area contributed by atoms with Crippen LogP contribution in [0.25, 0.3) is 0 Å². The Balaban J connectivity index is 2.07. The van der Waals surface area contributed by atoms with Crippen LogP contribution >= 0.6 is 0 Å². The number of nitrogens with one attached hydrogen (secondary N) is 1. The summed E-state index contributed by atoms with van der Waals surface area (Å²) in [5.41, 5.74) is 2.09. The number of rotatable bonds is 5. The van der Waals surface area contributed by atoms with E-state index in [9.17, 15) is 0 Å². The van der Waals surface area contributed by atoms with E-state index < -0.39 is 0 Å². The lowest BCUT2D eigenvalue weighted by atomic mass is 10.2. The maximum atomic E-state index is 5.29. The van der Waals surface area contributed by atoms with Crippen molar-refractivity contribution in [1.82, 2.24) is 10.1 Å². The monoisotopic (exact) mass is 247 g/mol. The first-order valence-electron chi connectivity index (χ1n) is 5.93. The lowest BCUT2D eigenvalue weighted by molar-refractivity contribution is 0.377. The minimum atomic E-state index is 0.493. The molecule has 0 saturated heterocycles. The summed E-state index contributed by atoms with van der Waals surface area (Å²) in [7, 11) is 1.65. The van der Waals surface area contributed by atoms with Crippen LogP contribution in [0.2, 0.25) is 0 Å². The zero-order valence-electron chi connectivity index (χ0n) is 10.9. The molecule has 1 N–H and O–H groups in total. The van der Waals surface area contributed by atoms with Crippen molar-refractivity contribution in [2.75, 3.05) is 12.4 Å². The molecule has 5 heteroatoms. The summed E-state index contributed by atoms with van der Waals surface area (Å²) < 4.78 is 10.4. The Morgan fingerprint density at radius 1 is 1.39 bits per heavy atom. The molecule has 0 radical (unpaired) electrons. The van der Waals surface area contributed by atoms with Gasteiger partial charge in [-0.3, -0.25) is 0 Å². The van der Waals surface area contributed by atoms with E-state index in [1.165, 1.54) is 0 Å². The lowest BCUT2D eigenvalue weighted by Gasteiger charge is -2.10. The highest BCUT2D eigenvalue weighted by Gasteiger charge is 2.07. The average Bonchev–Trinajstić information content (AvgIpc) is 2.84. The standard InChI is InChI=1S/C13H17N3O2/c1-4-12-15-13(18-16-12)8-14-10-7-9(2)5-6-11(10)17-3/h5-7,14H,4,8H2,1-3H3. The molecule has 18 heavy (non-hydrogen) atoms. The number of benzene rings is 1. The van der Waals surface area contributed by atoms with Crippen molar-refractivity contribution in [2.24, 2.45) is 0 Å². The molecule has 0 aliphatic heterocycles. The van der Waals surface area contributed by atoms with Gasteiger partial charge in [-0.25, -0.2) is 0 Å². The van der Waals surface area contributed by atoms with Crippen molar-refractivity contribution in [2.45, 2.75) is 26.8 Å². The van der Waals surface area contributed by atoms with E-state index in [4.69, 9.17) is 9.26 Å². The minimum Gasteiger partial charge on any atom is -0.495 e. The van der Waals surface area contributed by atoms with Crippen molar-refractivity contribution in [3.8, 4) is 5.75 Å². The second kappa shape index (κ2) is 5.53. The van der Waals surface area contributed by atoms with Crippen LogP contribution in [-0.2, 0) is 13.0 Å². The van der Waals surface area contributed by atoms with Crippen LogP contribution in [0.1, 0.15) is 24.2 Å². The molecule has 1 aromatic heterocycles. The van der Waals surface area contributed by atoms with Crippen molar-refractivity contribution in [1.29, 1.82) is 0 Å². The van der Waals surface area contributed by atoms with Crippen molar-refractivity contribution in [3.05, 3.63) is 35.5 Å². The van der Waals surface area contributed by atoms with Crippen molar-refractivity contribution >= 4 is 5.69 Å². The van der Waals surface area contributed by atoms with Gasteiger partial charge in [-0.1, -0.05) is 18.1 Å². The number of methoxy groups -OCH3 is 1.